The van der Waals surface area contributed by atoms with Gasteiger partial charge in [-0.15, -0.1) is 0 Å². The van der Waals surface area contributed by atoms with Gasteiger partial charge in [0.1, 0.15) is 34.1 Å². The summed E-state index contributed by atoms with van der Waals surface area (Å²) in [6.07, 6.45) is 0.204. The molecule has 0 heterocycles. The summed E-state index contributed by atoms with van der Waals surface area (Å²) in [5.41, 5.74) is -0.187. The highest BCUT2D eigenvalue weighted by Crippen LogP contribution is 2.24. The van der Waals surface area contributed by atoms with E-state index in [1.54, 1.807) is 0 Å². The maximum absolute atomic E-state index is 11.7. The summed E-state index contributed by atoms with van der Waals surface area (Å²) in [6, 6.07) is 6.96. The van der Waals surface area contributed by atoms with Crippen LogP contribution in [0.4, 0.5) is 0 Å². The molecular weight excluding hydrogens is 332 g/mol. The third-order valence-electron chi connectivity index (χ3n) is 3.16. The van der Waals surface area contributed by atoms with Crippen molar-refractivity contribution in [2.75, 3.05) is 13.2 Å². The number of aromatic hydroxyl groups is 4. The second-order valence-electron chi connectivity index (χ2n) is 5.03. The van der Waals surface area contributed by atoms with E-state index in [0.717, 1.165) is 12.1 Å². The molecule has 0 bridgehead atoms. The van der Waals surface area contributed by atoms with Gasteiger partial charge < -0.3 is 29.9 Å². The van der Waals surface area contributed by atoms with Crippen molar-refractivity contribution in [3.8, 4) is 23.0 Å². The van der Waals surface area contributed by atoms with Gasteiger partial charge in [0.05, 0.1) is 13.2 Å². The molecule has 0 aliphatic rings. The van der Waals surface area contributed by atoms with Gasteiger partial charge in [-0.1, -0.05) is 0 Å². The van der Waals surface area contributed by atoms with Crippen LogP contribution >= 0.6 is 0 Å². The Labute approximate surface area is 142 Å². The minimum Gasteiger partial charge on any atom is -0.508 e. The average Bonchev–Trinajstić information content (AvgIpc) is 2.54. The zero-order chi connectivity index (χ0) is 18.4. The van der Waals surface area contributed by atoms with Crippen molar-refractivity contribution in [3.05, 3.63) is 47.5 Å². The Bertz CT molecular complexity index is 719. The molecule has 2 rings (SSSR count). The van der Waals surface area contributed by atoms with E-state index in [9.17, 15) is 19.8 Å². The Kier molecular flexibility index (Phi) is 5.67. The number of carbonyl (C=O) groups excluding carboxylic acids is 2. The molecule has 0 aliphatic carbocycles. The first-order valence-corrected chi connectivity index (χ1v) is 7.26. The molecule has 0 spiro atoms. The lowest BCUT2D eigenvalue weighted by atomic mass is 10.2. The Hall–Kier alpha value is -3.42. The number of hydrogen-bond donors (Lipinski definition) is 4. The molecule has 0 fully saturated rings. The molecular formula is C17H16O8. The highest BCUT2D eigenvalue weighted by atomic mass is 16.5. The smallest absolute Gasteiger partial charge is 0.341 e. The van der Waals surface area contributed by atoms with Gasteiger partial charge in [-0.25, -0.2) is 9.59 Å². The second-order valence-corrected chi connectivity index (χ2v) is 5.03. The van der Waals surface area contributed by atoms with Gasteiger partial charge in [-0.05, 0) is 24.3 Å². The van der Waals surface area contributed by atoms with Crippen molar-refractivity contribution >= 4 is 11.9 Å². The molecule has 2 aromatic carbocycles. The first-order valence-electron chi connectivity index (χ1n) is 7.26. The van der Waals surface area contributed by atoms with Crippen LogP contribution in [0.2, 0.25) is 0 Å². The molecule has 2 aromatic rings. The van der Waals surface area contributed by atoms with Crippen LogP contribution in [0.1, 0.15) is 27.1 Å². The fourth-order valence-corrected chi connectivity index (χ4v) is 1.93. The summed E-state index contributed by atoms with van der Waals surface area (Å²) in [6.45, 7) is -0.123. The van der Waals surface area contributed by atoms with Gasteiger partial charge in [-0.2, -0.15) is 0 Å². The average molecular weight is 348 g/mol. The zero-order valence-electron chi connectivity index (χ0n) is 13.0. The first kappa shape index (κ1) is 17.9. The van der Waals surface area contributed by atoms with Gasteiger partial charge >= 0.3 is 11.9 Å². The molecule has 0 amide bonds. The quantitative estimate of drug-likeness (QED) is 0.459. The van der Waals surface area contributed by atoms with E-state index in [4.69, 9.17) is 19.7 Å². The Balaban J connectivity index is 1.76. The van der Waals surface area contributed by atoms with Crippen LogP contribution in [0, 0.1) is 0 Å². The van der Waals surface area contributed by atoms with Crippen molar-refractivity contribution in [1.82, 2.24) is 0 Å². The van der Waals surface area contributed by atoms with E-state index >= 15 is 0 Å². The number of phenolic OH excluding ortho intramolecular Hbond substituents is 4. The summed E-state index contributed by atoms with van der Waals surface area (Å²) in [5.74, 6) is -2.73. The number of benzene rings is 2. The largest absolute Gasteiger partial charge is 0.508 e. The highest BCUT2D eigenvalue weighted by molar-refractivity contribution is 5.93. The number of carbonyl (C=O) groups is 2. The molecule has 0 radical (unpaired) electrons. The maximum atomic E-state index is 11.7. The molecule has 0 unspecified atom stereocenters. The molecule has 132 valence electrons. The van der Waals surface area contributed by atoms with Crippen molar-refractivity contribution in [2.24, 2.45) is 0 Å². The molecule has 0 saturated heterocycles. The van der Waals surface area contributed by atoms with Crippen LogP contribution in [0.15, 0.2) is 36.4 Å². The summed E-state index contributed by atoms with van der Waals surface area (Å²) in [4.78, 5) is 23.5. The SMILES string of the molecule is O=C(OCCCOC(=O)c1ccc(O)cc1O)c1ccc(O)cc1O. The summed E-state index contributed by atoms with van der Waals surface area (Å²) >= 11 is 0. The molecule has 4 N–H and O–H groups in total. The predicted octanol–water partition coefficient (Wildman–Crippen LogP) is 1.91. The van der Waals surface area contributed by atoms with Crippen LogP contribution in [-0.4, -0.2) is 45.6 Å². The third kappa shape index (κ3) is 4.77. The van der Waals surface area contributed by atoms with Crippen molar-refractivity contribution in [2.45, 2.75) is 6.42 Å². The normalized spacial score (nSPS) is 10.2. The van der Waals surface area contributed by atoms with Crippen LogP contribution in [0.25, 0.3) is 0 Å². The van der Waals surface area contributed by atoms with E-state index in [-0.39, 0.29) is 42.3 Å². The number of esters is 2. The summed E-state index contributed by atoms with van der Waals surface area (Å²) < 4.78 is 9.84. The summed E-state index contributed by atoms with van der Waals surface area (Å²) in [5, 5.41) is 37.4. The zero-order valence-corrected chi connectivity index (χ0v) is 13.0. The molecule has 0 aromatic heterocycles. The first-order chi connectivity index (χ1) is 11.9. The standard InChI is InChI=1S/C17H16O8/c18-10-2-4-12(14(20)8-10)16(22)24-6-1-7-25-17(23)13-5-3-11(19)9-15(13)21/h2-5,8-9,18-21H,1,6-7H2. The molecule has 25 heavy (non-hydrogen) atoms. The van der Waals surface area contributed by atoms with Gasteiger partial charge in [0, 0.05) is 18.6 Å². The fraction of sp³-hybridized carbons (Fsp3) is 0.176. The van der Waals surface area contributed by atoms with Crippen molar-refractivity contribution in [3.63, 3.8) is 0 Å². The third-order valence-corrected chi connectivity index (χ3v) is 3.16. The van der Waals surface area contributed by atoms with Crippen molar-refractivity contribution < 1.29 is 39.5 Å². The fourth-order valence-electron chi connectivity index (χ4n) is 1.93. The molecule has 0 saturated carbocycles. The van der Waals surface area contributed by atoms with Gasteiger partial charge in [-0.3, -0.25) is 0 Å². The minimum atomic E-state index is -0.778. The number of phenols is 4. The van der Waals surface area contributed by atoms with E-state index in [1.807, 2.05) is 0 Å². The van der Waals surface area contributed by atoms with Crippen LogP contribution in [0.3, 0.4) is 0 Å². The second kappa shape index (κ2) is 7.91. The minimum absolute atomic E-state index is 0.0615. The van der Waals surface area contributed by atoms with Crippen LogP contribution in [0.5, 0.6) is 23.0 Å². The monoisotopic (exact) mass is 348 g/mol. The van der Waals surface area contributed by atoms with Crippen LogP contribution in [-0.2, 0) is 9.47 Å². The molecule has 0 atom stereocenters. The molecule has 0 aliphatic heterocycles. The van der Waals surface area contributed by atoms with E-state index in [1.165, 1.54) is 24.3 Å². The van der Waals surface area contributed by atoms with E-state index in [0.29, 0.717) is 0 Å². The number of hydrogen-bond acceptors (Lipinski definition) is 8. The van der Waals surface area contributed by atoms with E-state index in [2.05, 4.69) is 0 Å². The Morgan fingerprint density at radius 2 is 1.12 bits per heavy atom. The van der Waals surface area contributed by atoms with Crippen molar-refractivity contribution in [1.29, 1.82) is 0 Å². The lowest BCUT2D eigenvalue weighted by Gasteiger charge is -2.08. The number of rotatable bonds is 6. The lowest BCUT2D eigenvalue weighted by Crippen LogP contribution is -2.11. The highest BCUT2D eigenvalue weighted by Gasteiger charge is 2.14. The molecule has 8 nitrogen and oxygen atoms in total. The number of ether oxygens (including phenoxy) is 2. The Morgan fingerprint density at radius 1 is 0.720 bits per heavy atom. The Morgan fingerprint density at radius 3 is 1.48 bits per heavy atom. The predicted molar refractivity (Wildman–Crippen MR) is 84.7 cm³/mol. The van der Waals surface area contributed by atoms with E-state index < -0.39 is 23.4 Å². The van der Waals surface area contributed by atoms with Crippen LogP contribution < -0.4 is 0 Å². The molecule has 8 heteroatoms. The topological polar surface area (TPSA) is 134 Å². The van der Waals surface area contributed by atoms with Gasteiger partial charge in [0.25, 0.3) is 0 Å². The maximum Gasteiger partial charge on any atom is 0.341 e. The van der Waals surface area contributed by atoms with Gasteiger partial charge in [0.15, 0.2) is 0 Å². The lowest BCUT2D eigenvalue weighted by molar-refractivity contribution is 0.0393. The van der Waals surface area contributed by atoms with Gasteiger partial charge in [0.2, 0.25) is 0 Å². The summed E-state index contributed by atoms with van der Waals surface area (Å²) in [7, 11) is 0.